The van der Waals surface area contributed by atoms with E-state index < -0.39 is 37.0 Å². The number of carbonyl (C=O) groups is 1. The van der Waals surface area contributed by atoms with E-state index in [1.165, 1.54) is 6.20 Å². The molecule has 0 fully saturated rings. The molecule has 0 aliphatic carbocycles. The summed E-state index contributed by atoms with van der Waals surface area (Å²) in [5.74, 6) is -0.734. The molecule has 0 aliphatic rings. The van der Waals surface area contributed by atoms with Crippen molar-refractivity contribution < 1.29 is 28.2 Å². The van der Waals surface area contributed by atoms with Crippen LogP contribution >= 0.6 is 11.3 Å². The molecule has 4 N–H and O–H groups in total. The molecule has 3 aromatic rings. The van der Waals surface area contributed by atoms with Crippen molar-refractivity contribution in [3.05, 3.63) is 52.9 Å². The summed E-state index contributed by atoms with van der Waals surface area (Å²) in [4.78, 5) is 24.2. The Morgan fingerprint density at radius 2 is 1.94 bits per heavy atom. The third kappa shape index (κ3) is 5.75. The van der Waals surface area contributed by atoms with Gasteiger partial charge in [0.1, 0.15) is 5.69 Å². The number of aliphatic hydroxyl groups is 2. The van der Waals surface area contributed by atoms with Gasteiger partial charge in [-0.15, -0.1) is 11.3 Å². The van der Waals surface area contributed by atoms with Crippen molar-refractivity contribution >= 4 is 28.9 Å². The molecule has 164 valence electrons. The molecule has 0 atom stereocenters. The average Bonchev–Trinajstić information content (AvgIpc) is 3.21. The van der Waals surface area contributed by atoms with Gasteiger partial charge in [-0.2, -0.15) is 13.2 Å². The van der Waals surface area contributed by atoms with Gasteiger partial charge < -0.3 is 20.8 Å². The molecule has 0 radical (unpaired) electrons. The Kier molecular flexibility index (Phi) is 6.83. The van der Waals surface area contributed by atoms with Crippen LogP contribution in [0.5, 0.6) is 0 Å². The normalized spacial score (nSPS) is 11.6. The molecule has 0 unspecified atom stereocenters. The number of carbonyl (C=O) groups excluding carboxylic acids is 1. The number of amides is 1. The van der Waals surface area contributed by atoms with Crippen LogP contribution < -0.4 is 10.6 Å². The zero-order chi connectivity index (χ0) is 22.6. The minimum absolute atomic E-state index is 0.138. The highest BCUT2D eigenvalue weighted by Crippen LogP contribution is 2.31. The lowest BCUT2D eigenvalue weighted by Crippen LogP contribution is -2.40. The number of hydrogen-bond acceptors (Lipinski definition) is 8. The van der Waals surface area contributed by atoms with Crippen LogP contribution in [-0.2, 0) is 6.18 Å². The number of aryl methyl sites for hydroxylation is 1. The van der Waals surface area contributed by atoms with Crippen molar-refractivity contribution in [1.29, 1.82) is 0 Å². The Labute approximate surface area is 178 Å². The number of benzene rings is 1. The summed E-state index contributed by atoms with van der Waals surface area (Å²) in [6, 6.07) is 5.22. The van der Waals surface area contributed by atoms with Gasteiger partial charge in [0.15, 0.2) is 5.01 Å². The fraction of sp³-hybridized carbons (Fsp3) is 0.263. The van der Waals surface area contributed by atoms with Crippen molar-refractivity contribution in [3.8, 4) is 10.4 Å². The van der Waals surface area contributed by atoms with E-state index in [4.69, 9.17) is 10.2 Å². The van der Waals surface area contributed by atoms with E-state index >= 15 is 0 Å². The van der Waals surface area contributed by atoms with Crippen molar-refractivity contribution in [2.45, 2.75) is 19.1 Å². The van der Waals surface area contributed by atoms with E-state index in [1.54, 1.807) is 12.1 Å². The third-order valence-electron chi connectivity index (χ3n) is 4.04. The fourth-order valence-corrected chi connectivity index (χ4v) is 3.42. The van der Waals surface area contributed by atoms with E-state index in [1.807, 2.05) is 13.0 Å². The largest absolute Gasteiger partial charge is 0.433 e. The second-order valence-corrected chi connectivity index (χ2v) is 7.57. The minimum Gasteiger partial charge on any atom is -0.394 e. The third-order valence-corrected chi connectivity index (χ3v) is 5.09. The predicted octanol–water partition coefficient (Wildman–Crippen LogP) is 2.75. The highest BCUT2D eigenvalue weighted by Gasteiger charge is 2.32. The van der Waals surface area contributed by atoms with Gasteiger partial charge in [0.05, 0.1) is 24.1 Å². The molecule has 0 bridgehead atoms. The quantitative estimate of drug-likeness (QED) is 0.434. The minimum atomic E-state index is -4.58. The summed E-state index contributed by atoms with van der Waals surface area (Å²) in [7, 11) is 0. The number of nitrogens with zero attached hydrogens (tertiary/aromatic N) is 3. The first kappa shape index (κ1) is 22.6. The maximum atomic E-state index is 12.9. The van der Waals surface area contributed by atoms with Gasteiger partial charge in [-0.25, -0.2) is 15.0 Å². The van der Waals surface area contributed by atoms with Gasteiger partial charge in [0, 0.05) is 18.1 Å². The zero-order valence-electron chi connectivity index (χ0n) is 16.1. The molecule has 1 amide bonds. The maximum Gasteiger partial charge on any atom is 0.433 e. The summed E-state index contributed by atoms with van der Waals surface area (Å²) in [5.41, 5.74) is 0.910. The smallest absolute Gasteiger partial charge is 0.394 e. The standard InChI is InChI=1S/C19H18F3N5O3S/c1-10-4-11(14-7-24-17(31-14)16(30)25-13(8-28)9-29)6-12(5-10)26-18-23-3-2-15(27-18)19(20,21)22/h2-7,13,28-29H,8-9H2,1H3,(H,25,30)(H,23,26,27). The van der Waals surface area contributed by atoms with E-state index in [0.29, 0.717) is 16.1 Å². The second kappa shape index (κ2) is 9.37. The molecule has 0 saturated heterocycles. The van der Waals surface area contributed by atoms with Gasteiger partial charge in [-0.05, 0) is 36.2 Å². The van der Waals surface area contributed by atoms with Gasteiger partial charge >= 0.3 is 6.18 Å². The fourth-order valence-electron chi connectivity index (χ4n) is 2.61. The van der Waals surface area contributed by atoms with Gasteiger partial charge in [0.25, 0.3) is 5.91 Å². The summed E-state index contributed by atoms with van der Waals surface area (Å²) in [5, 5.41) is 23.5. The summed E-state index contributed by atoms with van der Waals surface area (Å²) >= 11 is 1.09. The molecule has 31 heavy (non-hydrogen) atoms. The van der Waals surface area contributed by atoms with Crippen molar-refractivity contribution in [2.75, 3.05) is 18.5 Å². The second-order valence-electron chi connectivity index (χ2n) is 6.54. The van der Waals surface area contributed by atoms with Crippen molar-refractivity contribution in [3.63, 3.8) is 0 Å². The van der Waals surface area contributed by atoms with Gasteiger partial charge in [-0.1, -0.05) is 6.07 Å². The Balaban J connectivity index is 1.82. The Hall–Kier alpha value is -3.09. The number of anilines is 2. The first-order chi connectivity index (χ1) is 14.7. The highest BCUT2D eigenvalue weighted by molar-refractivity contribution is 7.17. The molecule has 0 aliphatic heterocycles. The molecular weight excluding hydrogens is 435 g/mol. The Morgan fingerprint density at radius 1 is 1.19 bits per heavy atom. The number of hydrogen-bond donors (Lipinski definition) is 4. The van der Waals surface area contributed by atoms with Gasteiger partial charge in [0.2, 0.25) is 5.95 Å². The van der Waals surface area contributed by atoms with Crippen LogP contribution in [0.4, 0.5) is 24.8 Å². The van der Waals surface area contributed by atoms with Crippen LogP contribution in [0.1, 0.15) is 21.1 Å². The zero-order valence-corrected chi connectivity index (χ0v) is 17.0. The first-order valence-electron chi connectivity index (χ1n) is 8.97. The van der Waals surface area contributed by atoms with Crippen LogP contribution in [0.15, 0.2) is 36.7 Å². The van der Waals surface area contributed by atoms with Crippen LogP contribution in [0.3, 0.4) is 0 Å². The topological polar surface area (TPSA) is 120 Å². The maximum absolute atomic E-state index is 12.9. The monoisotopic (exact) mass is 453 g/mol. The van der Waals surface area contributed by atoms with E-state index in [9.17, 15) is 18.0 Å². The van der Waals surface area contributed by atoms with E-state index in [0.717, 1.165) is 29.2 Å². The molecule has 2 heterocycles. The summed E-state index contributed by atoms with van der Waals surface area (Å²) in [6.07, 6.45) is -2.07. The first-order valence-corrected chi connectivity index (χ1v) is 9.79. The molecule has 8 nitrogen and oxygen atoms in total. The number of halogens is 3. The SMILES string of the molecule is Cc1cc(Nc2nccc(C(F)(F)F)n2)cc(-c2cnc(C(=O)NC(CO)CO)s2)c1. The van der Waals surface area contributed by atoms with Crippen LogP contribution in [0.2, 0.25) is 0 Å². The molecule has 2 aromatic heterocycles. The molecular formula is C19H18F3N5O3S. The molecule has 3 rings (SSSR count). The highest BCUT2D eigenvalue weighted by atomic mass is 32.1. The molecule has 1 aromatic carbocycles. The number of thiazole rings is 1. The molecule has 12 heteroatoms. The van der Waals surface area contributed by atoms with E-state index in [-0.39, 0.29) is 11.0 Å². The van der Waals surface area contributed by atoms with Crippen molar-refractivity contribution in [2.24, 2.45) is 0 Å². The van der Waals surface area contributed by atoms with Crippen LogP contribution in [0.25, 0.3) is 10.4 Å². The summed E-state index contributed by atoms with van der Waals surface area (Å²) in [6.45, 7) is 0.986. The lowest BCUT2D eigenvalue weighted by Gasteiger charge is -2.11. The number of aliphatic hydroxyl groups excluding tert-OH is 2. The summed E-state index contributed by atoms with van der Waals surface area (Å²) < 4.78 is 38.6. The lowest BCUT2D eigenvalue weighted by molar-refractivity contribution is -0.141. The Morgan fingerprint density at radius 3 is 2.61 bits per heavy atom. The van der Waals surface area contributed by atoms with Crippen molar-refractivity contribution in [1.82, 2.24) is 20.3 Å². The molecule has 0 saturated carbocycles. The number of aromatic nitrogens is 3. The number of alkyl halides is 3. The van der Waals surface area contributed by atoms with Crippen LogP contribution in [-0.4, -0.2) is 50.3 Å². The number of nitrogens with one attached hydrogen (secondary N) is 2. The Bertz CT molecular complexity index is 1070. The average molecular weight is 453 g/mol. The van der Waals surface area contributed by atoms with Crippen LogP contribution in [0, 0.1) is 6.92 Å². The molecule has 0 spiro atoms. The lowest BCUT2D eigenvalue weighted by atomic mass is 10.1. The predicted molar refractivity (Wildman–Crippen MR) is 108 cm³/mol. The van der Waals surface area contributed by atoms with E-state index in [2.05, 4.69) is 25.6 Å². The van der Waals surface area contributed by atoms with Gasteiger partial charge in [-0.3, -0.25) is 4.79 Å². The number of rotatable bonds is 7.